The molecule has 174 valence electrons. The van der Waals surface area contributed by atoms with E-state index in [1.807, 2.05) is 6.07 Å². The molecule has 1 aromatic heterocycles. The van der Waals surface area contributed by atoms with Gasteiger partial charge in [0.1, 0.15) is 17.8 Å². The molecule has 32 heavy (non-hydrogen) atoms. The van der Waals surface area contributed by atoms with Crippen LogP contribution >= 0.6 is 0 Å². The molecule has 1 spiro atoms. The van der Waals surface area contributed by atoms with Gasteiger partial charge in [0.05, 0.1) is 12.4 Å². The van der Waals surface area contributed by atoms with Crippen molar-refractivity contribution in [2.75, 3.05) is 0 Å². The Hall–Kier alpha value is -1.66. The molecule has 1 N–H and O–H groups in total. The summed E-state index contributed by atoms with van der Waals surface area (Å²) in [5.41, 5.74) is 0.248. The van der Waals surface area contributed by atoms with Crippen LogP contribution in [0.5, 0.6) is 0 Å². The van der Waals surface area contributed by atoms with Gasteiger partial charge in [-0.3, -0.25) is 4.79 Å². The Labute approximate surface area is 188 Å². The van der Waals surface area contributed by atoms with Gasteiger partial charge in [0.25, 0.3) is 0 Å². The first-order valence-electron chi connectivity index (χ1n) is 12.3. The molecule has 1 saturated heterocycles. The lowest BCUT2D eigenvalue weighted by molar-refractivity contribution is -0.158. The fourth-order valence-corrected chi connectivity index (χ4v) is 9.14. The second-order valence-corrected chi connectivity index (χ2v) is 11.6. The molecule has 2 heterocycles. The first-order chi connectivity index (χ1) is 15.2. The monoisotopic (exact) mass is 442 g/mol. The molecule has 0 radical (unpaired) electrons. The van der Waals surface area contributed by atoms with E-state index in [1.165, 1.54) is 13.2 Å². The summed E-state index contributed by atoms with van der Waals surface area (Å²) in [6, 6.07) is 3.43. The molecule has 0 bridgehead atoms. The SMILES string of the molecule is CC(=O)O[C@H]1[C@H]2O[C@]23C2CC[C@@H]4C[C@@H](O)CCC4(C)C2CCC3(C)[C@H]1c1ccoc(=O)c1. The summed E-state index contributed by atoms with van der Waals surface area (Å²) in [6.07, 6.45) is 8.02. The Morgan fingerprint density at radius 1 is 1.16 bits per heavy atom. The Bertz CT molecular complexity index is 1000. The number of esters is 1. The van der Waals surface area contributed by atoms with Crippen LogP contribution in [0.25, 0.3) is 0 Å². The predicted octanol–water partition coefficient (Wildman–Crippen LogP) is 3.80. The normalized spacial score (nSPS) is 51.1. The van der Waals surface area contributed by atoms with Crippen LogP contribution in [-0.4, -0.2) is 35.0 Å². The van der Waals surface area contributed by atoms with Crippen molar-refractivity contribution in [3.05, 3.63) is 34.4 Å². The fourth-order valence-electron chi connectivity index (χ4n) is 9.14. The van der Waals surface area contributed by atoms with Gasteiger partial charge in [-0.25, -0.2) is 4.79 Å². The average molecular weight is 443 g/mol. The van der Waals surface area contributed by atoms with Gasteiger partial charge in [-0.15, -0.1) is 0 Å². The summed E-state index contributed by atoms with van der Waals surface area (Å²) in [5.74, 6) is 1.18. The van der Waals surface area contributed by atoms with Crippen molar-refractivity contribution < 1.29 is 23.8 Å². The van der Waals surface area contributed by atoms with E-state index in [2.05, 4.69) is 13.8 Å². The highest BCUT2D eigenvalue weighted by Gasteiger charge is 2.84. The number of aliphatic hydroxyl groups is 1. The Kier molecular flexibility index (Phi) is 4.37. The standard InChI is InChI=1S/C26H34O6/c1-14(27)31-22-21(15-8-11-30-20(29)12-15)25(3)10-7-18-19(26(25)23(22)32-26)5-4-16-13-17(28)6-9-24(16,18)2/h8,11-12,16-19,21-23,28H,4-7,9-10,13H2,1-3H3/t16-,17+,18?,19?,21+,22-,23-,24?,25?,26-/m1/s1. The van der Waals surface area contributed by atoms with Crippen molar-refractivity contribution in [2.24, 2.45) is 28.6 Å². The van der Waals surface area contributed by atoms with Gasteiger partial charge in [0.2, 0.25) is 0 Å². The number of hydrogen-bond acceptors (Lipinski definition) is 6. The smallest absolute Gasteiger partial charge is 0.335 e. The van der Waals surface area contributed by atoms with Crippen molar-refractivity contribution in [3.63, 3.8) is 0 Å². The van der Waals surface area contributed by atoms with E-state index in [1.54, 1.807) is 6.07 Å². The van der Waals surface area contributed by atoms with Crippen LogP contribution in [-0.2, 0) is 14.3 Å². The molecule has 5 aliphatic rings. The highest BCUT2D eigenvalue weighted by molar-refractivity contribution is 5.66. The quantitative estimate of drug-likeness (QED) is 0.554. The van der Waals surface area contributed by atoms with Crippen LogP contribution in [0, 0.1) is 28.6 Å². The topological polar surface area (TPSA) is 89.3 Å². The zero-order chi connectivity index (χ0) is 22.5. The zero-order valence-electron chi connectivity index (χ0n) is 19.2. The highest BCUT2D eigenvalue weighted by Crippen LogP contribution is 2.78. The minimum absolute atomic E-state index is 0.0751. The van der Waals surface area contributed by atoms with Crippen LogP contribution in [0.1, 0.15) is 77.2 Å². The van der Waals surface area contributed by atoms with Crippen LogP contribution in [0.3, 0.4) is 0 Å². The minimum atomic E-state index is -0.378. The van der Waals surface area contributed by atoms with E-state index in [-0.39, 0.29) is 52.3 Å². The third-order valence-corrected chi connectivity index (χ3v) is 10.5. The Morgan fingerprint density at radius 2 is 1.97 bits per heavy atom. The molecule has 6 nitrogen and oxygen atoms in total. The maximum absolute atomic E-state index is 12.1. The van der Waals surface area contributed by atoms with Gasteiger partial charge in [0, 0.05) is 24.3 Å². The van der Waals surface area contributed by atoms with E-state index in [9.17, 15) is 14.7 Å². The van der Waals surface area contributed by atoms with Crippen molar-refractivity contribution in [1.82, 2.24) is 0 Å². The van der Waals surface area contributed by atoms with Gasteiger partial charge in [0.15, 0.2) is 0 Å². The fraction of sp³-hybridized carbons (Fsp3) is 0.769. The number of rotatable bonds is 2. The van der Waals surface area contributed by atoms with E-state index in [0.29, 0.717) is 17.8 Å². The second-order valence-electron chi connectivity index (χ2n) is 11.6. The molecule has 6 heteroatoms. The van der Waals surface area contributed by atoms with Crippen molar-refractivity contribution in [2.45, 2.75) is 95.5 Å². The number of ether oxygens (including phenoxy) is 2. The molecule has 0 amide bonds. The minimum Gasteiger partial charge on any atom is -0.459 e. The summed E-state index contributed by atoms with van der Waals surface area (Å²) in [4.78, 5) is 24.1. The molecule has 6 rings (SSSR count). The average Bonchev–Trinajstić information content (AvgIpc) is 3.43. The molecule has 5 fully saturated rings. The van der Waals surface area contributed by atoms with Gasteiger partial charge in [-0.2, -0.15) is 0 Å². The zero-order valence-corrected chi connectivity index (χ0v) is 19.2. The molecule has 4 saturated carbocycles. The third-order valence-electron chi connectivity index (χ3n) is 10.5. The molecule has 0 aromatic carbocycles. The number of carbonyl (C=O) groups is 1. The lowest BCUT2D eigenvalue weighted by atomic mass is 9.44. The predicted molar refractivity (Wildman–Crippen MR) is 116 cm³/mol. The third kappa shape index (κ3) is 2.54. The number of fused-ring (bicyclic) bond motifs is 3. The van der Waals surface area contributed by atoms with Crippen molar-refractivity contribution in [3.8, 4) is 0 Å². The van der Waals surface area contributed by atoms with Crippen LogP contribution in [0.15, 0.2) is 27.6 Å². The molecule has 1 aliphatic heterocycles. The molecular formula is C26H34O6. The summed E-state index contributed by atoms with van der Waals surface area (Å²) in [6.45, 7) is 6.21. The van der Waals surface area contributed by atoms with Crippen LogP contribution in [0.2, 0.25) is 0 Å². The lowest BCUT2D eigenvalue weighted by Crippen LogP contribution is -2.58. The van der Waals surface area contributed by atoms with E-state index in [0.717, 1.165) is 50.5 Å². The van der Waals surface area contributed by atoms with Gasteiger partial charge < -0.3 is 19.0 Å². The summed E-state index contributed by atoms with van der Waals surface area (Å²) in [5, 5.41) is 10.3. The van der Waals surface area contributed by atoms with Crippen molar-refractivity contribution >= 4 is 5.97 Å². The van der Waals surface area contributed by atoms with Gasteiger partial charge >= 0.3 is 11.6 Å². The summed E-state index contributed by atoms with van der Waals surface area (Å²) >= 11 is 0. The number of carbonyl (C=O) groups excluding carboxylic acids is 1. The molecule has 1 aromatic rings. The van der Waals surface area contributed by atoms with Crippen LogP contribution < -0.4 is 5.63 Å². The van der Waals surface area contributed by atoms with E-state index < -0.39 is 0 Å². The summed E-state index contributed by atoms with van der Waals surface area (Å²) in [7, 11) is 0. The largest absolute Gasteiger partial charge is 0.459 e. The Morgan fingerprint density at radius 3 is 2.72 bits per heavy atom. The second kappa shape index (κ2) is 6.69. The van der Waals surface area contributed by atoms with Crippen LogP contribution in [0.4, 0.5) is 0 Å². The van der Waals surface area contributed by atoms with Gasteiger partial charge in [-0.05, 0) is 79.7 Å². The van der Waals surface area contributed by atoms with Gasteiger partial charge in [-0.1, -0.05) is 13.8 Å². The number of epoxide rings is 1. The molecule has 10 atom stereocenters. The molecule has 4 aliphatic carbocycles. The van der Waals surface area contributed by atoms with E-state index >= 15 is 0 Å². The first-order valence-corrected chi connectivity index (χ1v) is 12.3. The van der Waals surface area contributed by atoms with Crippen molar-refractivity contribution in [1.29, 1.82) is 0 Å². The van der Waals surface area contributed by atoms with E-state index in [4.69, 9.17) is 13.9 Å². The lowest BCUT2D eigenvalue weighted by Gasteiger charge is -2.61. The summed E-state index contributed by atoms with van der Waals surface area (Å²) < 4.78 is 17.6. The number of hydrogen-bond donors (Lipinski definition) is 1. The molecular weight excluding hydrogens is 408 g/mol. The Balaban J connectivity index is 1.42. The first kappa shape index (κ1) is 20.9. The maximum Gasteiger partial charge on any atom is 0.335 e. The maximum atomic E-state index is 12.1. The number of aliphatic hydroxyl groups excluding tert-OH is 1. The highest BCUT2D eigenvalue weighted by atomic mass is 16.7. The molecule has 4 unspecified atom stereocenters.